The van der Waals surface area contributed by atoms with Gasteiger partial charge in [-0.15, -0.1) is 4.31 Å². The highest BCUT2D eigenvalue weighted by molar-refractivity contribution is 7.89. The van der Waals surface area contributed by atoms with E-state index in [4.69, 9.17) is 5.73 Å². The van der Waals surface area contributed by atoms with Crippen molar-refractivity contribution in [3.8, 4) is 0 Å². The molecule has 0 spiro atoms. The Balaban J connectivity index is 1.84. The number of aromatic nitrogens is 1. The minimum absolute atomic E-state index is 0.0219. The number of halogens is 3. The number of benzene rings is 1. The molecule has 1 aliphatic rings. The molecule has 28 heavy (non-hydrogen) atoms. The van der Waals surface area contributed by atoms with E-state index >= 15 is 0 Å². The first kappa shape index (κ1) is 20.7. The number of rotatable bonds is 5. The SMILES string of the molecule is Cn1cc([S+]([O-])N2CCCCC2CN)c(F)c1C(=O)Nc1ccc(F)c(F)c1. The Morgan fingerprint density at radius 3 is 2.75 bits per heavy atom. The summed E-state index contributed by atoms with van der Waals surface area (Å²) in [5.41, 5.74) is 5.37. The van der Waals surface area contributed by atoms with Gasteiger partial charge in [0, 0.05) is 31.9 Å². The van der Waals surface area contributed by atoms with Crippen molar-refractivity contribution in [2.24, 2.45) is 12.8 Å². The smallest absolute Gasteiger partial charge is 0.275 e. The number of nitrogens with zero attached hydrogens (tertiary/aromatic N) is 2. The average molecular weight is 414 g/mol. The zero-order valence-corrected chi connectivity index (χ0v) is 16.1. The van der Waals surface area contributed by atoms with Crippen molar-refractivity contribution in [3.05, 3.63) is 47.5 Å². The average Bonchev–Trinajstić information content (AvgIpc) is 2.98. The molecule has 1 aliphatic heterocycles. The van der Waals surface area contributed by atoms with Crippen LogP contribution in [0.25, 0.3) is 0 Å². The predicted octanol–water partition coefficient (Wildman–Crippen LogP) is 2.53. The molecule has 0 radical (unpaired) electrons. The van der Waals surface area contributed by atoms with Crippen molar-refractivity contribution in [2.45, 2.75) is 30.2 Å². The monoisotopic (exact) mass is 414 g/mol. The van der Waals surface area contributed by atoms with Crippen LogP contribution in [0.5, 0.6) is 0 Å². The quantitative estimate of drug-likeness (QED) is 0.737. The number of nitrogens with two attached hydrogens (primary N) is 1. The first-order valence-electron chi connectivity index (χ1n) is 8.83. The van der Waals surface area contributed by atoms with Gasteiger partial charge in [0.1, 0.15) is 5.69 Å². The number of amides is 1. The van der Waals surface area contributed by atoms with E-state index in [1.807, 2.05) is 0 Å². The van der Waals surface area contributed by atoms with Gasteiger partial charge in [0.15, 0.2) is 11.6 Å². The summed E-state index contributed by atoms with van der Waals surface area (Å²) in [5.74, 6) is -3.97. The van der Waals surface area contributed by atoms with Crippen LogP contribution in [0.1, 0.15) is 29.8 Å². The second kappa shape index (κ2) is 8.56. The van der Waals surface area contributed by atoms with Crippen molar-refractivity contribution >= 4 is 23.0 Å². The number of carbonyl (C=O) groups excluding carboxylic acids is 1. The Hall–Kier alpha value is -2.01. The van der Waals surface area contributed by atoms with Gasteiger partial charge in [0.25, 0.3) is 5.91 Å². The number of hydrogen-bond acceptors (Lipinski definition) is 4. The Kier molecular flexibility index (Phi) is 6.33. The summed E-state index contributed by atoms with van der Waals surface area (Å²) in [6.07, 6.45) is 3.88. The van der Waals surface area contributed by atoms with Crippen LogP contribution in [0.15, 0.2) is 29.3 Å². The van der Waals surface area contributed by atoms with Crippen LogP contribution in [-0.2, 0) is 18.4 Å². The Morgan fingerprint density at radius 2 is 2.07 bits per heavy atom. The fraction of sp³-hybridized carbons (Fsp3) is 0.389. The lowest BCUT2D eigenvalue weighted by atomic mass is 10.1. The lowest BCUT2D eigenvalue weighted by Crippen LogP contribution is -2.47. The number of carbonyl (C=O) groups is 1. The number of piperidine rings is 1. The molecule has 10 heteroatoms. The molecule has 6 nitrogen and oxygen atoms in total. The van der Waals surface area contributed by atoms with Crippen LogP contribution in [-0.4, -0.2) is 38.5 Å². The fourth-order valence-corrected chi connectivity index (χ4v) is 4.78. The van der Waals surface area contributed by atoms with E-state index in [1.54, 1.807) is 4.31 Å². The summed E-state index contributed by atoms with van der Waals surface area (Å²) in [7, 11) is 1.44. The van der Waals surface area contributed by atoms with Gasteiger partial charge in [-0.25, -0.2) is 8.78 Å². The van der Waals surface area contributed by atoms with Crippen molar-refractivity contribution in [2.75, 3.05) is 18.4 Å². The van der Waals surface area contributed by atoms with Gasteiger partial charge in [0.2, 0.25) is 10.7 Å². The third-order valence-electron chi connectivity index (χ3n) is 4.73. The molecule has 0 bridgehead atoms. The van der Waals surface area contributed by atoms with Crippen molar-refractivity contribution in [1.29, 1.82) is 0 Å². The Bertz CT molecular complexity index is 877. The summed E-state index contributed by atoms with van der Waals surface area (Å²) in [5, 5.41) is 2.32. The van der Waals surface area contributed by atoms with E-state index in [2.05, 4.69) is 5.32 Å². The molecule has 2 heterocycles. The molecule has 1 aromatic heterocycles. The maximum atomic E-state index is 15.0. The highest BCUT2D eigenvalue weighted by atomic mass is 32.2. The molecule has 2 aromatic rings. The number of nitrogens with one attached hydrogen (secondary N) is 1. The van der Waals surface area contributed by atoms with Gasteiger partial charge < -0.3 is 20.2 Å². The van der Waals surface area contributed by atoms with E-state index in [-0.39, 0.29) is 22.3 Å². The van der Waals surface area contributed by atoms with E-state index in [0.717, 1.165) is 37.5 Å². The van der Waals surface area contributed by atoms with Crippen LogP contribution in [0.4, 0.5) is 18.9 Å². The van der Waals surface area contributed by atoms with E-state index in [0.29, 0.717) is 13.1 Å². The summed E-state index contributed by atoms with van der Waals surface area (Å²) < 4.78 is 57.1. The number of hydrogen-bond donors (Lipinski definition) is 2. The molecule has 152 valence electrons. The molecule has 3 N–H and O–H groups in total. The Labute approximate surface area is 163 Å². The highest BCUT2D eigenvalue weighted by Gasteiger charge is 2.37. The third kappa shape index (κ3) is 4.04. The largest absolute Gasteiger partial charge is 0.593 e. The lowest BCUT2D eigenvalue weighted by Gasteiger charge is -2.33. The molecular formula is C18H21F3N4O2S. The first-order chi connectivity index (χ1) is 13.3. The molecule has 2 unspecified atom stereocenters. The molecule has 0 aliphatic carbocycles. The minimum atomic E-state index is -1.80. The van der Waals surface area contributed by atoms with E-state index < -0.39 is 34.7 Å². The summed E-state index contributed by atoms with van der Waals surface area (Å²) >= 11 is -1.80. The van der Waals surface area contributed by atoms with Gasteiger partial charge in [-0.2, -0.15) is 4.39 Å². The predicted molar refractivity (Wildman–Crippen MR) is 99.5 cm³/mol. The van der Waals surface area contributed by atoms with E-state index in [9.17, 15) is 22.5 Å². The molecule has 1 saturated heterocycles. The van der Waals surface area contributed by atoms with Crippen LogP contribution in [0.3, 0.4) is 0 Å². The number of anilines is 1. The van der Waals surface area contributed by atoms with Crippen molar-refractivity contribution < 1.29 is 22.5 Å². The molecule has 2 atom stereocenters. The lowest BCUT2D eigenvalue weighted by molar-refractivity contribution is 0.101. The van der Waals surface area contributed by atoms with Crippen LogP contribution >= 0.6 is 0 Å². The van der Waals surface area contributed by atoms with Crippen molar-refractivity contribution in [1.82, 2.24) is 8.87 Å². The van der Waals surface area contributed by atoms with Gasteiger partial charge in [-0.1, -0.05) is 6.42 Å². The van der Waals surface area contributed by atoms with Crippen LogP contribution in [0, 0.1) is 17.5 Å². The molecular weight excluding hydrogens is 393 g/mol. The zero-order valence-electron chi connectivity index (χ0n) is 15.3. The summed E-state index contributed by atoms with van der Waals surface area (Å²) in [6.45, 7) is 0.836. The second-order valence-electron chi connectivity index (χ2n) is 6.63. The fourth-order valence-electron chi connectivity index (χ4n) is 3.27. The topological polar surface area (TPSA) is 86.3 Å². The minimum Gasteiger partial charge on any atom is -0.593 e. The van der Waals surface area contributed by atoms with Gasteiger partial charge in [0.05, 0.1) is 23.6 Å². The standard InChI is InChI=1S/C18H21F3N4O2S/c1-24-10-15(28(27)25-7-3-2-4-12(25)9-22)16(21)17(24)18(26)23-11-5-6-13(19)14(20)8-11/h5-6,8,10,12H,2-4,7,9,22H2,1H3,(H,23,26). The van der Waals surface area contributed by atoms with Gasteiger partial charge >= 0.3 is 0 Å². The molecule has 1 aromatic carbocycles. The normalized spacial score (nSPS) is 18.9. The zero-order chi connectivity index (χ0) is 20.4. The van der Waals surface area contributed by atoms with Gasteiger partial charge in [-0.05, 0) is 25.0 Å². The van der Waals surface area contributed by atoms with Crippen LogP contribution in [0.2, 0.25) is 0 Å². The molecule has 1 fully saturated rings. The second-order valence-corrected chi connectivity index (χ2v) is 8.03. The maximum absolute atomic E-state index is 15.0. The Morgan fingerprint density at radius 1 is 1.32 bits per heavy atom. The third-order valence-corrected chi connectivity index (χ3v) is 6.29. The van der Waals surface area contributed by atoms with Gasteiger partial charge in [-0.3, -0.25) is 4.79 Å². The number of aryl methyl sites for hydroxylation is 1. The summed E-state index contributed by atoms with van der Waals surface area (Å²) in [6, 6.07) is 2.70. The van der Waals surface area contributed by atoms with Crippen molar-refractivity contribution in [3.63, 3.8) is 0 Å². The molecule has 1 amide bonds. The van der Waals surface area contributed by atoms with E-state index in [1.165, 1.54) is 17.8 Å². The molecule has 3 rings (SSSR count). The maximum Gasteiger partial charge on any atom is 0.275 e. The molecule has 0 saturated carbocycles. The first-order valence-corrected chi connectivity index (χ1v) is 9.94. The highest BCUT2D eigenvalue weighted by Crippen LogP contribution is 2.29. The summed E-state index contributed by atoms with van der Waals surface area (Å²) in [4.78, 5) is 12.4. The van der Waals surface area contributed by atoms with Crippen LogP contribution < -0.4 is 11.1 Å².